The largest absolute Gasteiger partial charge is 0.352 e. The molecule has 0 aromatic carbocycles. The molecule has 1 aromatic rings. The fourth-order valence-corrected chi connectivity index (χ4v) is 4.56. The Hall–Kier alpha value is -2.11. The summed E-state index contributed by atoms with van der Waals surface area (Å²) in [4.78, 5) is 30.9. The number of nitrogens with zero attached hydrogens (tertiary/aromatic N) is 2. The van der Waals surface area contributed by atoms with Gasteiger partial charge < -0.3 is 15.5 Å². The Morgan fingerprint density at radius 3 is 2.73 bits per heavy atom. The summed E-state index contributed by atoms with van der Waals surface area (Å²) in [6.07, 6.45) is 11.2. The van der Waals surface area contributed by atoms with Crippen LogP contribution in [0.25, 0.3) is 0 Å². The van der Waals surface area contributed by atoms with E-state index in [1.54, 1.807) is 12.4 Å². The zero-order valence-electron chi connectivity index (χ0n) is 15.2. The van der Waals surface area contributed by atoms with E-state index in [0.29, 0.717) is 12.6 Å². The first kappa shape index (κ1) is 17.3. The molecule has 26 heavy (non-hydrogen) atoms. The highest BCUT2D eigenvalue weighted by Crippen LogP contribution is 2.58. The van der Waals surface area contributed by atoms with Crippen molar-refractivity contribution in [2.24, 2.45) is 11.3 Å². The summed E-state index contributed by atoms with van der Waals surface area (Å²) in [7, 11) is 0. The highest BCUT2D eigenvalue weighted by Gasteiger charge is 2.61. The minimum atomic E-state index is 0.0201. The maximum Gasteiger partial charge on any atom is 0.317 e. The lowest BCUT2D eigenvalue weighted by molar-refractivity contribution is -0.123. The predicted octanol–water partition coefficient (Wildman–Crippen LogP) is 2.45. The van der Waals surface area contributed by atoms with Gasteiger partial charge in [-0.1, -0.05) is 19.3 Å². The van der Waals surface area contributed by atoms with Gasteiger partial charge in [-0.05, 0) is 43.4 Å². The number of rotatable bonds is 4. The van der Waals surface area contributed by atoms with Crippen LogP contribution in [0.4, 0.5) is 4.79 Å². The van der Waals surface area contributed by atoms with Crippen LogP contribution < -0.4 is 10.6 Å². The summed E-state index contributed by atoms with van der Waals surface area (Å²) in [6.45, 7) is 2.03. The van der Waals surface area contributed by atoms with E-state index >= 15 is 0 Å². The molecule has 1 saturated heterocycles. The van der Waals surface area contributed by atoms with Gasteiger partial charge in [-0.2, -0.15) is 0 Å². The highest BCUT2D eigenvalue weighted by atomic mass is 16.2. The Kier molecular flexibility index (Phi) is 4.83. The molecule has 1 aliphatic heterocycles. The van der Waals surface area contributed by atoms with E-state index in [9.17, 15) is 9.59 Å². The van der Waals surface area contributed by atoms with Gasteiger partial charge in [0.25, 0.3) is 0 Å². The van der Waals surface area contributed by atoms with Crippen molar-refractivity contribution in [1.82, 2.24) is 20.5 Å². The first-order valence-electron chi connectivity index (χ1n) is 9.88. The molecule has 3 amide bonds. The average molecular weight is 356 g/mol. The molecule has 2 unspecified atom stereocenters. The number of carbonyl (C=O) groups is 2. The number of pyridine rings is 1. The first-order valence-corrected chi connectivity index (χ1v) is 9.88. The molecule has 4 rings (SSSR count). The maximum absolute atomic E-state index is 12.5. The number of aromatic nitrogens is 1. The van der Waals surface area contributed by atoms with E-state index in [1.807, 2.05) is 17.0 Å². The van der Waals surface area contributed by atoms with Gasteiger partial charge in [0.2, 0.25) is 5.91 Å². The molecular weight excluding hydrogens is 328 g/mol. The minimum Gasteiger partial charge on any atom is -0.352 e. The molecule has 3 fully saturated rings. The van der Waals surface area contributed by atoms with Gasteiger partial charge in [-0.15, -0.1) is 0 Å². The molecule has 140 valence electrons. The van der Waals surface area contributed by atoms with Gasteiger partial charge in [0.05, 0.1) is 0 Å². The van der Waals surface area contributed by atoms with E-state index in [2.05, 4.69) is 15.6 Å². The molecule has 2 heterocycles. The van der Waals surface area contributed by atoms with Crippen LogP contribution in [0.3, 0.4) is 0 Å². The molecule has 0 bridgehead atoms. The molecule has 3 aliphatic rings. The molecule has 2 saturated carbocycles. The van der Waals surface area contributed by atoms with Gasteiger partial charge in [-0.25, -0.2) is 4.79 Å². The van der Waals surface area contributed by atoms with Crippen LogP contribution in [0.2, 0.25) is 0 Å². The third-order valence-corrected chi connectivity index (χ3v) is 6.33. The summed E-state index contributed by atoms with van der Waals surface area (Å²) in [6, 6.07) is 4.23. The molecule has 2 atom stereocenters. The lowest BCUT2D eigenvalue weighted by Gasteiger charge is -2.26. The zero-order valence-corrected chi connectivity index (χ0v) is 15.2. The highest BCUT2D eigenvalue weighted by molar-refractivity contribution is 5.83. The van der Waals surface area contributed by atoms with Crippen LogP contribution in [0.1, 0.15) is 50.5 Å². The standard InChI is InChI=1S/C20H28N4O2/c25-18(22-13-15-6-9-21-10-7-15)17-12-20(17)8-11-24(14-20)19(26)23-16-4-2-1-3-5-16/h6-7,9-10,16-17H,1-5,8,11-14H2,(H,22,25)(H,23,26). The Labute approximate surface area is 154 Å². The summed E-state index contributed by atoms with van der Waals surface area (Å²) >= 11 is 0. The van der Waals surface area contributed by atoms with Crippen molar-refractivity contribution >= 4 is 11.9 Å². The lowest BCUT2D eigenvalue weighted by atomic mass is 9.96. The van der Waals surface area contributed by atoms with E-state index in [4.69, 9.17) is 0 Å². The second kappa shape index (κ2) is 7.25. The minimum absolute atomic E-state index is 0.0201. The monoisotopic (exact) mass is 356 g/mol. The fourth-order valence-electron chi connectivity index (χ4n) is 4.56. The smallest absolute Gasteiger partial charge is 0.317 e. The Morgan fingerprint density at radius 2 is 1.96 bits per heavy atom. The van der Waals surface area contributed by atoms with Crippen LogP contribution in [0, 0.1) is 11.3 Å². The van der Waals surface area contributed by atoms with Crippen molar-refractivity contribution in [2.75, 3.05) is 13.1 Å². The topological polar surface area (TPSA) is 74.3 Å². The zero-order chi connectivity index (χ0) is 18.0. The number of nitrogens with one attached hydrogen (secondary N) is 2. The van der Waals surface area contributed by atoms with Gasteiger partial charge in [0.1, 0.15) is 0 Å². The lowest BCUT2D eigenvalue weighted by Crippen LogP contribution is -2.44. The third-order valence-electron chi connectivity index (χ3n) is 6.33. The van der Waals surface area contributed by atoms with Crippen LogP contribution in [0.5, 0.6) is 0 Å². The quantitative estimate of drug-likeness (QED) is 0.870. The number of hydrogen-bond donors (Lipinski definition) is 2. The van der Waals surface area contributed by atoms with Crippen molar-refractivity contribution in [1.29, 1.82) is 0 Å². The number of carbonyl (C=O) groups excluding carboxylic acids is 2. The van der Waals surface area contributed by atoms with Gasteiger partial charge in [-0.3, -0.25) is 9.78 Å². The normalized spacial score (nSPS) is 28.2. The Balaban J connectivity index is 1.24. The second-order valence-corrected chi connectivity index (χ2v) is 8.15. The van der Waals surface area contributed by atoms with Crippen molar-refractivity contribution in [3.63, 3.8) is 0 Å². The molecule has 1 spiro atoms. The van der Waals surface area contributed by atoms with E-state index < -0.39 is 0 Å². The van der Waals surface area contributed by atoms with Crippen molar-refractivity contribution in [2.45, 2.75) is 57.5 Å². The summed E-state index contributed by atoms with van der Waals surface area (Å²) in [5.41, 5.74) is 1.08. The van der Waals surface area contributed by atoms with Crippen molar-refractivity contribution in [3.05, 3.63) is 30.1 Å². The van der Waals surface area contributed by atoms with E-state index in [-0.39, 0.29) is 23.3 Å². The first-order chi connectivity index (χ1) is 12.7. The van der Waals surface area contributed by atoms with Crippen molar-refractivity contribution in [3.8, 4) is 0 Å². The molecule has 0 radical (unpaired) electrons. The number of likely N-dealkylation sites (tertiary alicyclic amines) is 1. The summed E-state index contributed by atoms with van der Waals surface area (Å²) < 4.78 is 0. The average Bonchev–Trinajstić information content (AvgIpc) is 3.21. The second-order valence-electron chi connectivity index (χ2n) is 8.15. The maximum atomic E-state index is 12.5. The molecule has 1 aromatic heterocycles. The fraction of sp³-hybridized carbons (Fsp3) is 0.650. The van der Waals surface area contributed by atoms with Crippen LogP contribution in [0.15, 0.2) is 24.5 Å². The molecule has 6 heteroatoms. The predicted molar refractivity (Wildman–Crippen MR) is 98.2 cm³/mol. The van der Waals surface area contributed by atoms with Gasteiger partial charge in [0.15, 0.2) is 0 Å². The molecule has 2 N–H and O–H groups in total. The molecular formula is C20H28N4O2. The SMILES string of the molecule is O=C(NCc1ccncc1)C1CC12CCN(C(=O)NC1CCCCC1)C2. The van der Waals surface area contributed by atoms with Crippen LogP contribution in [-0.4, -0.2) is 41.0 Å². The van der Waals surface area contributed by atoms with Crippen LogP contribution >= 0.6 is 0 Å². The van der Waals surface area contributed by atoms with Crippen LogP contribution in [-0.2, 0) is 11.3 Å². The molecule has 6 nitrogen and oxygen atoms in total. The third kappa shape index (κ3) is 3.69. The number of urea groups is 1. The Morgan fingerprint density at radius 1 is 1.19 bits per heavy atom. The molecule has 2 aliphatic carbocycles. The summed E-state index contributed by atoms with van der Waals surface area (Å²) in [5.74, 6) is 0.174. The van der Waals surface area contributed by atoms with Gasteiger partial charge >= 0.3 is 6.03 Å². The van der Waals surface area contributed by atoms with Crippen molar-refractivity contribution < 1.29 is 9.59 Å². The van der Waals surface area contributed by atoms with E-state index in [0.717, 1.165) is 44.3 Å². The van der Waals surface area contributed by atoms with E-state index in [1.165, 1.54) is 19.3 Å². The van der Waals surface area contributed by atoms with Gasteiger partial charge in [0, 0.05) is 49.4 Å². The number of amides is 3. The summed E-state index contributed by atoms with van der Waals surface area (Å²) in [5, 5.41) is 6.23. The number of hydrogen-bond acceptors (Lipinski definition) is 3. The Bertz CT molecular complexity index is 659.